The molecule has 0 aliphatic carbocycles. The van der Waals surface area contributed by atoms with Crippen LogP contribution in [0.15, 0.2) is 50.3 Å². The number of hydrazone groups is 1. The first-order valence-corrected chi connectivity index (χ1v) is 8.45. The van der Waals surface area contributed by atoms with Crippen LogP contribution >= 0.6 is 11.6 Å². The number of hydrogen-bond acceptors (Lipinski definition) is 6. The van der Waals surface area contributed by atoms with Gasteiger partial charge in [-0.2, -0.15) is 10.1 Å². The van der Waals surface area contributed by atoms with E-state index in [1.165, 1.54) is 11.6 Å². The molecule has 0 fully saturated rings. The van der Waals surface area contributed by atoms with Crippen molar-refractivity contribution in [3.8, 4) is 0 Å². The highest BCUT2D eigenvalue weighted by Gasteiger charge is 2.18. The third-order valence-electron chi connectivity index (χ3n) is 3.99. The average Bonchev–Trinajstić information content (AvgIpc) is 3.02. The van der Waals surface area contributed by atoms with Crippen LogP contribution in [0.25, 0.3) is 11.2 Å². The molecule has 0 bridgehead atoms. The Morgan fingerprint density at radius 3 is 2.63 bits per heavy atom. The highest BCUT2D eigenvalue weighted by molar-refractivity contribution is 6.29. The van der Waals surface area contributed by atoms with Gasteiger partial charge >= 0.3 is 5.69 Å². The number of halogens is 1. The molecule has 10 heteroatoms. The van der Waals surface area contributed by atoms with E-state index in [1.54, 1.807) is 55.4 Å². The van der Waals surface area contributed by atoms with Gasteiger partial charge in [0.1, 0.15) is 0 Å². The second-order valence-electron chi connectivity index (χ2n) is 5.87. The van der Waals surface area contributed by atoms with E-state index >= 15 is 0 Å². The number of hydrogen-bond donors (Lipinski definition) is 1. The molecule has 1 N–H and O–H groups in total. The van der Waals surface area contributed by atoms with Gasteiger partial charge in [-0.3, -0.25) is 23.5 Å². The number of aromatic nitrogens is 5. The largest absolute Gasteiger partial charge is 0.332 e. The Morgan fingerprint density at radius 1 is 1.26 bits per heavy atom. The number of pyridine rings is 1. The number of fused-ring (bicyclic) bond motifs is 1. The van der Waals surface area contributed by atoms with E-state index in [2.05, 4.69) is 20.5 Å². The fourth-order valence-corrected chi connectivity index (χ4v) is 2.61. The SMILES string of the molecule is C/C(Cl)=C\Cn1c(N/N=C/c2ccncc2)nc2c1c(=O)n(C)c(=O)n2C. The topological polar surface area (TPSA) is 99.1 Å². The minimum absolute atomic E-state index is 0.269. The zero-order chi connectivity index (χ0) is 19.6. The summed E-state index contributed by atoms with van der Waals surface area (Å²) in [6, 6.07) is 3.60. The molecule has 0 spiro atoms. The van der Waals surface area contributed by atoms with Gasteiger partial charge < -0.3 is 0 Å². The predicted molar refractivity (Wildman–Crippen MR) is 105 cm³/mol. The van der Waals surface area contributed by atoms with Gasteiger partial charge in [-0.15, -0.1) is 0 Å². The molecule has 0 atom stereocenters. The fraction of sp³-hybridized carbons (Fsp3) is 0.235. The summed E-state index contributed by atoms with van der Waals surface area (Å²) in [5, 5.41) is 4.74. The summed E-state index contributed by atoms with van der Waals surface area (Å²) in [4.78, 5) is 33.1. The Hall–Kier alpha value is -3.20. The maximum absolute atomic E-state index is 12.6. The second-order valence-corrected chi connectivity index (χ2v) is 6.46. The van der Waals surface area contributed by atoms with E-state index in [0.29, 0.717) is 17.5 Å². The van der Waals surface area contributed by atoms with Crippen molar-refractivity contribution in [2.24, 2.45) is 19.2 Å². The minimum Gasteiger partial charge on any atom is -0.299 e. The van der Waals surface area contributed by atoms with Gasteiger partial charge in [0.25, 0.3) is 5.56 Å². The van der Waals surface area contributed by atoms with Crippen LogP contribution in [0.4, 0.5) is 5.95 Å². The van der Waals surface area contributed by atoms with Crippen LogP contribution in [0.1, 0.15) is 12.5 Å². The van der Waals surface area contributed by atoms with E-state index in [1.807, 2.05) is 0 Å². The van der Waals surface area contributed by atoms with E-state index in [4.69, 9.17) is 11.6 Å². The molecule has 140 valence electrons. The number of allylic oxidation sites excluding steroid dienone is 2. The van der Waals surface area contributed by atoms with Crippen LogP contribution in [-0.4, -0.2) is 29.9 Å². The standard InChI is InChI=1S/C17H18ClN7O2/c1-11(18)6-9-25-13-14(23(2)17(27)24(3)15(13)26)21-16(25)22-20-10-12-4-7-19-8-5-12/h4-8,10H,9H2,1-3H3,(H,21,22)/b11-6+,20-10+. The molecule has 0 radical (unpaired) electrons. The summed E-state index contributed by atoms with van der Waals surface area (Å²) in [5.41, 5.74) is 3.35. The van der Waals surface area contributed by atoms with Crippen LogP contribution in [-0.2, 0) is 20.6 Å². The summed E-state index contributed by atoms with van der Waals surface area (Å²) < 4.78 is 4.00. The van der Waals surface area contributed by atoms with Gasteiger partial charge in [0, 0.05) is 38.1 Å². The quantitative estimate of drug-likeness (QED) is 0.527. The summed E-state index contributed by atoms with van der Waals surface area (Å²) in [6.07, 6.45) is 6.66. The number of anilines is 1. The van der Waals surface area contributed by atoms with Crippen molar-refractivity contribution in [2.75, 3.05) is 5.43 Å². The van der Waals surface area contributed by atoms with Gasteiger partial charge in [-0.05, 0) is 24.6 Å². The fourth-order valence-electron chi connectivity index (χ4n) is 2.54. The second kappa shape index (κ2) is 7.58. The number of aryl methyl sites for hydroxylation is 1. The Bertz CT molecular complexity index is 1150. The molecule has 27 heavy (non-hydrogen) atoms. The Balaban J connectivity index is 2.12. The first kappa shape index (κ1) is 18.6. The lowest BCUT2D eigenvalue weighted by atomic mass is 10.3. The molecular weight excluding hydrogens is 370 g/mol. The van der Waals surface area contributed by atoms with Crippen LogP contribution in [0, 0.1) is 0 Å². The molecular formula is C17H18ClN7O2. The van der Waals surface area contributed by atoms with Crippen molar-refractivity contribution in [3.63, 3.8) is 0 Å². The van der Waals surface area contributed by atoms with Crippen molar-refractivity contribution < 1.29 is 0 Å². The molecule has 0 saturated carbocycles. The number of imidazole rings is 1. The third kappa shape index (κ3) is 3.68. The molecule has 0 aliphatic rings. The van der Waals surface area contributed by atoms with Gasteiger partial charge in [0.05, 0.1) is 6.21 Å². The average molecular weight is 388 g/mol. The maximum atomic E-state index is 12.6. The van der Waals surface area contributed by atoms with E-state index < -0.39 is 11.2 Å². The van der Waals surface area contributed by atoms with Crippen molar-refractivity contribution in [2.45, 2.75) is 13.5 Å². The van der Waals surface area contributed by atoms with E-state index in [9.17, 15) is 9.59 Å². The van der Waals surface area contributed by atoms with Crippen LogP contribution < -0.4 is 16.7 Å². The summed E-state index contributed by atoms with van der Waals surface area (Å²) in [5.74, 6) is 0.322. The molecule has 9 nitrogen and oxygen atoms in total. The first-order valence-electron chi connectivity index (χ1n) is 8.07. The lowest BCUT2D eigenvalue weighted by molar-refractivity contribution is 0.703. The van der Waals surface area contributed by atoms with Gasteiger partial charge in [-0.25, -0.2) is 10.2 Å². The van der Waals surface area contributed by atoms with Crippen molar-refractivity contribution in [3.05, 3.63) is 62.0 Å². The Labute approximate surface area is 159 Å². The molecule has 0 unspecified atom stereocenters. The lowest BCUT2D eigenvalue weighted by Gasteiger charge is -2.06. The lowest BCUT2D eigenvalue weighted by Crippen LogP contribution is -2.37. The number of rotatable bonds is 5. The first-order chi connectivity index (χ1) is 12.9. The molecule has 3 aromatic rings. The molecule has 3 heterocycles. The molecule has 3 aromatic heterocycles. The highest BCUT2D eigenvalue weighted by Crippen LogP contribution is 2.16. The zero-order valence-corrected chi connectivity index (χ0v) is 15.8. The monoisotopic (exact) mass is 387 g/mol. The molecule has 0 aliphatic heterocycles. The van der Waals surface area contributed by atoms with E-state index in [-0.39, 0.29) is 11.2 Å². The maximum Gasteiger partial charge on any atom is 0.332 e. The van der Waals surface area contributed by atoms with Gasteiger partial charge in [0.2, 0.25) is 5.95 Å². The van der Waals surface area contributed by atoms with Crippen molar-refractivity contribution in [1.29, 1.82) is 0 Å². The smallest absolute Gasteiger partial charge is 0.299 e. The van der Waals surface area contributed by atoms with Gasteiger partial charge in [0.15, 0.2) is 11.2 Å². The number of nitrogens with one attached hydrogen (secondary N) is 1. The van der Waals surface area contributed by atoms with Crippen molar-refractivity contribution >= 4 is 34.9 Å². The summed E-state index contributed by atoms with van der Waals surface area (Å²) in [7, 11) is 2.99. The Kier molecular flexibility index (Phi) is 5.22. The van der Waals surface area contributed by atoms with Crippen molar-refractivity contribution in [1.82, 2.24) is 23.7 Å². The number of nitrogens with zero attached hydrogens (tertiary/aromatic N) is 6. The minimum atomic E-state index is -0.451. The van der Waals surface area contributed by atoms with Crippen LogP contribution in [0.3, 0.4) is 0 Å². The molecule has 3 rings (SSSR count). The predicted octanol–water partition coefficient (Wildman–Crippen LogP) is 1.42. The Morgan fingerprint density at radius 2 is 1.96 bits per heavy atom. The molecule has 0 amide bonds. The molecule has 0 aromatic carbocycles. The highest BCUT2D eigenvalue weighted by atomic mass is 35.5. The normalized spacial score (nSPS) is 12.2. The zero-order valence-electron chi connectivity index (χ0n) is 15.0. The van der Waals surface area contributed by atoms with Gasteiger partial charge in [-0.1, -0.05) is 17.7 Å². The van der Waals surface area contributed by atoms with Crippen LogP contribution in [0.2, 0.25) is 0 Å². The van der Waals surface area contributed by atoms with E-state index in [0.717, 1.165) is 10.1 Å². The summed E-state index contributed by atoms with van der Waals surface area (Å²) >= 11 is 5.94. The summed E-state index contributed by atoms with van der Waals surface area (Å²) in [6.45, 7) is 2.04. The molecule has 0 saturated heterocycles. The third-order valence-corrected chi connectivity index (χ3v) is 4.14. The van der Waals surface area contributed by atoms with Crippen LogP contribution in [0.5, 0.6) is 0 Å².